The second kappa shape index (κ2) is 6.94. The molecule has 0 saturated carbocycles. The topological polar surface area (TPSA) is 93.6 Å². The van der Waals surface area contributed by atoms with Crippen LogP contribution in [0.1, 0.15) is 75.1 Å². The van der Waals surface area contributed by atoms with Crippen LogP contribution in [-0.2, 0) is 10.2 Å². The summed E-state index contributed by atoms with van der Waals surface area (Å²) in [6.45, 7) is 11.5. The molecule has 1 aliphatic heterocycles. The molecule has 3 heterocycles. The average molecular weight is 371 g/mol. The van der Waals surface area contributed by atoms with Gasteiger partial charge in [0.05, 0.1) is 17.0 Å². The van der Waals surface area contributed by atoms with Gasteiger partial charge in [-0.2, -0.15) is 5.10 Å². The van der Waals surface area contributed by atoms with Gasteiger partial charge in [-0.15, -0.1) is 0 Å². The van der Waals surface area contributed by atoms with Crippen LogP contribution in [0.2, 0.25) is 0 Å². The summed E-state index contributed by atoms with van der Waals surface area (Å²) in [5.41, 5.74) is 8.46. The standard InChI is InChI=1S/C20H29N5O2/c1-12(2)17-14(19(27)24-8-6-13(7-9-24)18(21)26)11-22-16-10-15(20(3,4)5)23-25(16)17/h10-13H,6-9H2,1-5H3,(H2,21,26). The van der Waals surface area contributed by atoms with Crippen molar-refractivity contribution in [3.8, 4) is 0 Å². The molecule has 27 heavy (non-hydrogen) atoms. The second-order valence-electron chi connectivity index (χ2n) is 8.73. The summed E-state index contributed by atoms with van der Waals surface area (Å²) >= 11 is 0. The molecule has 1 saturated heterocycles. The van der Waals surface area contributed by atoms with E-state index in [2.05, 4.69) is 39.6 Å². The Kier molecular flexibility index (Phi) is 4.97. The van der Waals surface area contributed by atoms with Crippen LogP contribution in [0, 0.1) is 5.92 Å². The lowest BCUT2D eigenvalue weighted by Gasteiger charge is -2.31. The number of primary amides is 1. The zero-order chi connectivity index (χ0) is 19.9. The Labute approximate surface area is 159 Å². The third-order valence-corrected chi connectivity index (χ3v) is 5.25. The van der Waals surface area contributed by atoms with Crippen LogP contribution in [-0.4, -0.2) is 44.4 Å². The molecule has 2 N–H and O–H groups in total. The Morgan fingerprint density at radius 3 is 2.37 bits per heavy atom. The second-order valence-corrected chi connectivity index (χ2v) is 8.73. The van der Waals surface area contributed by atoms with Gasteiger partial charge in [0.15, 0.2) is 5.65 Å². The van der Waals surface area contributed by atoms with Gasteiger partial charge in [0.25, 0.3) is 5.91 Å². The average Bonchev–Trinajstić information content (AvgIpc) is 3.04. The Hall–Kier alpha value is -2.44. The molecular weight excluding hydrogens is 342 g/mol. The Bertz CT molecular complexity index is 870. The molecule has 146 valence electrons. The van der Waals surface area contributed by atoms with Gasteiger partial charge in [-0.05, 0) is 18.8 Å². The first-order valence-electron chi connectivity index (χ1n) is 9.57. The molecule has 2 aromatic heterocycles. The maximum Gasteiger partial charge on any atom is 0.257 e. The van der Waals surface area contributed by atoms with Gasteiger partial charge in [0.2, 0.25) is 5.91 Å². The number of carbonyl (C=O) groups excluding carboxylic acids is 2. The van der Waals surface area contributed by atoms with E-state index in [1.54, 1.807) is 11.1 Å². The van der Waals surface area contributed by atoms with Gasteiger partial charge >= 0.3 is 0 Å². The number of aromatic nitrogens is 3. The molecule has 2 aromatic rings. The van der Waals surface area contributed by atoms with E-state index in [0.717, 1.165) is 17.0 Å². The van der Waals surface area contributed by atoms with Crippen molar-refractivity contribution >= 4 is 17.5 Å². The summed E-state index contributed by atoms with van der Waals surface area (Å²) in [7, 11) is 0. The minimum Gasteiger partial charge on any atom is -0.369 e. The number of hydrogen-bond acceptors (Lipinski definition) is 4. The van der Waals surface area contributed by atoms with Crippen LogP contribution in [0.5, 0.6) is 0 Å². The molecule has 0 aromatic carbocycles. The van der Waals surface area contributed by atoms with Gasteiger partial charge in [0, 0.05) is 36.7 Å². The van der Waals surface area contributed by atoms with Crippen molar-refractivity contribution in [1.29, 1.82) is 0 Å². The summed E-state index contributed by atoms with van der Waals surface area (Å²) in [6.07, 6.45) is 2.90. The highest BCUT2D eigenvalue weighted by atomic mass is 16.2. The summed E-state index contributed by atoms with van der Waals surface area (Å²) < 4.78 is 1.81. The molecule has 7 nitrogen and oxygen atoms in total. The number of nitrogens with zero attached hydrogens (tertiary/aromatic N) is 4. The van der Waals surface area contributed by atoms with E-state index in [9.17, 15) is 9.59 Å². The van der Waals surface area contributed by atoms with Crippen LogP contribution in [0.15, 0.2) is 12.3 Å². The summed E-state index contributed by atoms with van der Waals surface area (Å²) in [6, 6.07) is 1.98. The molecule has 0 unspecified atom stereocenters. The third-order valence-electron chi connectivity index (χ3n) is 5.25. The third kappa shape index (κ3) is 3.68. The normalized spacial score (nSPS) is 16.3. The van der Waals surface area contributed by atoms with E-state index in [1.165, 1.54) is 0 Å². The van der Waals surface area contributed by atoms with E-state index in [-0.39, 0.29) is 29.1 Å². The lowest BCUT2D eigenvalue weighted by Crippen LogP contribution is -2.42. The van der Waals surface area contributed by atoms with Gasteiger partial charge in [0.1, 0.15) is 0 Å². The van der Waals surface area contributed by atoms with E-state index in [4.69, 9.17) is 10.8 Å². The zero-order valence-electron chi connectivity index (χ0n) is 16.8. The molecule has 0 radical (unpaired) electrons. The van der Waals surface area contributed by atoms with Crippen molar-refractivity contribution in [2.45, 2.75) is 58.8 Å². The van der Waals surface area contributed by atoms with Crippen LogP contribution in [0.3, 0.4) is 0 Å². The Balaban J connectivity index is 1.97. The van der Waals surface area contributed by atoms with E-state index >= 15 is 0 Å². The quantitative estimate of drug-likeness (QED) is 0.897. The molecule has 7 heteroatoms. The number of rotatable bonds is 3. The number of piperidine rings is 1. The molecule has 0 aliphatic carbocycles. The molecule has 2 amide bonds. The molecular formula is C20H29N5O2. The maximum absolute atomic E-state index is 13.2. The first-order chi connectivity index (χ1) is 12.6. The number of likely N-dealkylation sites (tertiary alicyclic amines) is 1. The summed E-state index contributed by atoms with van der Waals surface area (Å²) in [4.78, 5) is 30.8. The van der Waals surface area contributed by atoms with Gasteiger partial charge < -0.3 is 10.6 Å². The SMILES string of the molecule is CC(C)c1c(C(=O)N2CCC(C(N)=O)CC2)cnc2cc(C(C)(C)C)nn12. The molecule has 0 atom stereocenters. The maximum atomic E-state index is 13.2. The molecule has 1 aliphatic rings. The summed E-state index contributed by atoms with van der Waals surface area (Å²) in [5.74, 6) is -0.354. The lowest BCUT2D eigenvalue weighted by molar-refractivity contribution is -0.123. The van der Waals surface area contributed by atoms with Gasteiger partial charge in [-0.3, -0.25) is 9.59 Å². The predicted octanol–water partition coefficient (Wildman–Crippen LogP) is 2.49. The Morgan fingerprint density at radius 1 is 1.22 bits per heavy atom. The van der Waals surface area contributed by atoms with E-state index < -0.39 is 0 Å². The van der Waals surface area contributed by atoms with E-state index in [0.29, 0.717) is 31.5 Å². The van der Waals surface area contributed by atoms with Crippen LogP contribution in [0.25, 0.3) is 5.65 Å². The smallest absolute Gasteiger partial charge is 0.257 e. The molecule has 0 spiro atoms. The highest BCUT2D eigenvalue weighted by Gasteiger charge is 2.29. The fourth-order valence-electron chi connectivity index (χ4n) is 3.58. The van der Waals surface area contributed by atoms with Gasteiger partial charge in [-0.25, -0.2) is 9.50 Å². The minimum atomic E-state index is -0.278. The van der Waals surface area contributed by atoms with Crippen molar-refractivity contribution in [3.63, 3.8) is 0 Å². The summed E-state index contributed by atoms with van der Waals surface area (Å²) in [5, 5.41) is 4.75. The highest BCUT2D eigenvalue weighted by Crippen LogP contribution is 2.27. The van der Waals surface area contributed by atoms with Crippen molar-refractivity contribution in [3.05, 3.63) is 29.2 Å². The van der Waals surface area contributed by atoms with Crippen molar-refractivity contribution in [1.82, 2.24) is 19.5 Å². The van der Waals surface area contributed by atoms with Crippen LogP contribution >= 0.6 is 0 Å². The van der Waals surface area contributed by atoms with E-state index in [1.807, 2.05) is 10.6 Å². The van der Waals surface area contributed by atoms with Gasteiger partial charge in [-0.1, -0.05) is 34.6 Å². The zero-order valence-corrected chi connectivity index (χ0v) is 16.8. The minimum absolute atomic E-state index is 0.0520. The molecule has 1 fully saturated rings. The largest absolute Gasteiger partial charge is 0.369 e. The number of fused-ring (bicyclic) bond motifs is 1. The number of carbonyl (C=O) groups is 2. The van der Waals surface area contributed by atoms with Crippen molar-refractivity contribution < 1.29 is 9.59 Å². The lowest BCUT2D eigenvalue weighted by atomic mass is 9.93. The molecule has 0 bridgehead atoms. The number of hydrogen-bond donors (Lipinski definition) is 1. The van der Waals surface area contributed by atoms with Crippen molar-refractivity contribution in [2.75, 3.05) is 13.1 Å². The Morgan fingerprint density at radius 2 is 1.85 bits per heavy atom. The first kappa shape index (κ1) is 19.3. The molecule has 3 rings (SSSR count). The van der Waals surface area contributed by atoms with Crippen LogP contribution in [0.4, 0.5) is 0 Å². The number of nitrogens with two attached hydrogens (primary N) is 1. The first-order valence-corrected chi connectivity index (χ1v) is 9.57. The predicted molar refractivity (Wildman–Crippen MR) is 104 cm³/mol. The fourth-order valence-corrected chi connectivity index (χ4v) is 3.58. The number of amides is 2. The van der Waals surface area contributed by atoms with Crippen LogP contribution < -0.4 is 5.73 Å². The monoisotopic (exact) mass is 371 g/mol. The van der Waals surface area contributed by atoms with Crippen molar-refractivity contribution in [2.24, 2.45) is 11.7 Å². The fraction of sp³-hybridized carbons (Fsp3) is 0.600. The highest BCUT2D eigenvalue weighted by molar-refractivity contribution is 5.95.